The molecule has 0 amide bonds. The lowest BCUT2D eigenvalue weighted by molar-refractivity contribution is 0.591. The summed E-state index contributed by atoms with van der Waals surface area (Å²) >= 11 is 4.79. The number of hydrogen-bond acceptors (Lipinski definition) is 7. The Labute approximate surface area is 172 Å². The van der Waals surface area contributed by atoms with Gasteiger partial charge in [-0.15, -0.1) is 11.8 Å². The number of halogens is 2. The highest BCUT2D eigenvalue weighted by molar-refractivity contribution is 7.98. The molecule has 4 nitrogen and oxygen atoms in total. The second kappa shape index (κ2) is 7.13. The van der Waals surface area contributed by atoms with Crippen LogP contribution in [-0.2, 0) is 0 Å². The van der Waals surface area contributed by atoms with Crippen LogP contribution in [0.4, 0.5) is 19.0 Å². The minimum absolute atomic E-state index is 0.250. The molecule has 4 aromatic rings. The molecule has 0 spiro atoms. The molecule has 0 N–H and O–H groups in total. The fourth-order valence-electron chi connectivity index (χ4n) is 3.32. The molecule has 1 saturated heterocycles. The maximum absolute atomic E-state index is 13.9. The molecule has 1 fully saturated rings. The Kier molecular flexibility index (Phi) is 4.60. The van der Waals surface area contributed by atoms with Gasteiger partial charge in [-0.3, -0.25) is 0 Å². The number of thioether (sulfide) groups is 1. The van der Waals surface area contributed by atoms with Crippen LogP contribution in [0.5, 0.6) is 0 Å². The summed E-state index contributed by atoms with van der Waals surface area (Å²) in [4.78, 5) is 14.8. The summed E-state index contributed by atoms with van der Waals surface area (Å²) in [6.07, 6.45) is 2.07. The number of nitrogens with zero attached hydrogens (tertiary/aromatic N) is 4. The van der Waals surface area contributed by atoms with E-state index in [1.54, 1.807) is 23.1 Å². The molecule has 1 aliphatic heterocycles. The summed E-state index contributed by atoms with van der Waals surface area (Å²) in [6, 6.07) is 8.60. The van der Waals surface area contributed by atoms with Gasteiger partial charge in [-0.1, -0.05) is 22.7 Å². The van der Waals surface area contributed by atoms with E-state index in [1.807, 2.05) is 0 Å². The highest BCUT2D eigenvalue weighted by atomic mass is 32.2. The van der Waals surface area contributed by atoms with Gasteiger partial charge in [0.2, 0.25) is 0 Å². The second-order valence-electron chi connectivity index (χ2n) is 6.53. The highest BCUT2D eigenvalue weighted by Crippen LogP contribution is 2.34. The van der Waals surface area contributed by atoms with Gasteiger partial charge in [0.05, 0.1) is 14.9 Å². The van der Waals surface area contributed by atoms with Crippen LogP contribution in [0.1, 0.15) is 0 Å². The fraction of sp³-hybridized carbons (Fsp3) is 0.263. The minimum atomic E-state index is -0.602. The van der Waals surface area contributed by atoms with E-state index in [1.165, 1.54) is 27.0 Å². The minimum Gasteiger partial charge on any atom is -0.345 e. The number of piperazine rings is 1. The Hall–Kier alpha value is -1.97. The van der Waals surface area contributed by atoms with Gasteiger partial charge in [-0.2, -0.15) is 0 Å². The first-order valence-corrected chi connectivity index (χ1v) is 11.7. The van der Waals surface area contributed by atoms with Crippen molar-refractivity contribution >= 4 is 65.1 Å². The quantitative estimate of drug-likeness (QED) is 0.412. The molecule has 0 unspecified atom stereocenters. The Balaban J connectivity index is 1.34. The van der Waals surface area contributed by atoms with Gasteiger partial charge in [0, 0.05) is 37.1 Å². The molecule has 0 saturated carbocycles. The molecule has 9 heteroatoms. The maximum Gasteiger partial charge on any atom is 0.186 e. The predicted octanol–water partition coefficient (Wildman–Crippen LogP) is 5.23. The fourth-order valence-corrected chi connectivity index (χ4v) is 5.95. The molecular formula is C19H16F2N4S3. The van der Waals surface area contributed by atoms with Crippen molar-refractivity contribution in [2.75, 3.05) is 42.2 Å². The zero-order valence-electron chi connectivity index (χ0n) is 15.0. The van der Waals surface area contributed by atoms with Crippen LogP contribution in [0.2, 0.25) is 0 Å². The smallest absolute Gasteiger partial charge is 0.186 e. The van der Waals surface area contributed by atoms with E-state index in [0.29, 0.717) is 4.70 Å². The molecule has 0 radical (unpaired) electrons. The number of thiazole rings is 2. The average Bonchev–Trinajstić information content (AvgIpc) is 3.31. The van der Waals surface area contributed by atoms with Crippen molar-refractivity contribution < 1.29 is 8.78 Å². The Morgan fingerprint density at radius 1 is 0.893 bits per heavy atom. The molecule has 0 atom stereocenters. The molecule has 1 aliphatic rings. The van der Waals surface area contributed by atoms with Gasteiger partial charge in [0.25, 0.3) is 0 Å². The average molecular weight is 435 g/mol. The monoisotopic (exact) mass is 434 g/mol. The van der Waals surface area contributed by atoms with Gasteiger partial charge in [-0.25, -0.2) is 18.7 Å². The van der Waals surface area contributed by atoms with E-state index >= 15 is 0 Å². The van der Waals surface area contributed by atoms with Crippen LogP contribution in [0, 0.1) is 11.6 Å². The first-order valence-electron chi connectivity index (χ1n) is 8.81. The summed E-state index contributed by atoms with van der Waals surface area (Å²) in [7, 11) is 0. The van der Waals surface area contributed by atoms with Gasteiger partial charge in [0.15, 0.2) is 16.1 Å². The molecule has 5 rings (SSSR count). The normalized spacial score (nSPS) is 15.1. The van der Waals surface area contributed by atoms with Crippen molar-refractivity contribution in [1.29, 1.82) is 0 Å². The van der Waals surface area contributed by atoms with Crippen molar-refractivity contribution in [2.45, 2.75) is 4.90 Å². The number of hydrogen-bond donors (Lipinski definition) is 0. The highest BCUT2D eigenvalue weighted by Gasteiger charge is 2.23. The molecule has 2 aromatic heterocycles. The van der Waals surface area contributed by atoms with E-state index in [-0.39, 0.29) is 5.52 Å². The van der Waals surface area contributed by atoms with E-state index in [9.17, 15) is 8.78 Å². The van der Waals surface area contributed by atoms with E-state index in [4.69, 9.17) is 4.98 Å². The Morgan fingerprint density at radius 2 is 1.57 bits per heavy atom. The SMILES string of the molecule is CSc1ccc2nc(N3CCN(c4nc5c(F)cc(F)cc5s4)CC3)sc2c1. The topological polar surface area (TPSA) is 32.3 Å². The van der Waals surface area contributed by atoms with Gasteiger partial charge < -0.3 is 9.80 Å². The Bertz CT molecular complexity index is 1160. The second-order valence-corrected chi connectivity index (χ2v) is 9.43. The third kappa shape index (κ3) is 3.21. The van der Waals surface area contributed by atoms with Crippen molar-refractivity contribution in [2.24, 2.45) is 0 Å². The van der Waals surface area contributed by atoms with Crippen LogP contribution in [0.15, 0.2) is 35.2 Å². The number of fused-ring (bicyclic) bond motifs is 2. The first kappa shape index (κ1) is 18.1. The molecule has 2 aromatic carbocycles. The number of benzene rings is 2. The lowest BCUT2D eigenvalue weighted by atomic mass is 10.3. The van der Waals surface area contributed by atoms with E-state index < -0.39 is 11.6 Å². The van der Waals surface area contributed by atoms with E-state index in [2.05, 4.69) is 39.2 Å². The van der Waals surface area contributed by atoms with Crippen LogP contribution in [-0.4, -0.2) is 42.4 Å². The van der Waals surface area contributed by atoms with Gasteiger partial charge in [-0.05, 0) is 30.5 Å². The summed E-state index contributed by atoms with van der Waals surface area (Å²) in [6.45, 7) is 3.19. The third-order valence-corrected chi connectivity index (χ3v) is 7.67. The summed E-state index contributed by atoms with van der Waals surface area (Å²) in [5.74, 6) is -1.17. The summed E-state index contributed by atoms with van der Waals surface area (Å²) in [5.41, 5.74) is 1.28. The van der Waals surface area contributed by atoms with Crippen molar-refractivity contribution in [1.82, 2.24) is 9.97 Å². The predicted molar refractivity (Wildman–Crippen MR) is 115 cm³/mol. The number of anilines is 2. The van der Waals surface area contributed by atoms with Crippen molar-refractivity contribution in [3.05, 3.63) is 42.0 Å². The zero-order valence-corrected chi connectivity index (χ0v) is 17.4. The maximum atomic E-state index is 13.9. The van der Waals surface area contributed by atoms with E-state index in [0.717, 1.165) is 48.0 Å². The molecule has 0 bridgehead atoms. The standard InChI is InChI=1S/C19H16F2N4S3/c1-26-12-2-3-14-15(10-12)27-18(22-14)24-4-6-25(7-5-24)19-23-17-13(21)8-11(20)9-16(17)28-19/h2-3,8-10H,4-7H2,1H3. The van der Waals surface area contributed by atoms with Crippen LogP contribution >= 0.6 is 34.4 Å². The molecule has 3 heterocycles. The van der Waals surface area contributed by atoms with Gasteiger partial charge in [0.1, 0.15) is 11.3 Å². The van der Waals surface area contributed by atoms with Crippen LogP contribution < -0.4 is 9.80 Å². The zero-order chi connectivity index (χ0) is 19.3. The molecule has 28 heavy (non-hydrogen) atoms. The number of aromatic nitrogens is 2. The van der Waals surface area contributed by atoms with Crippen LogP contribution in [0.25, 0.3) is 20.4 Å². The molecular weight excluding hydrogens is 418 g/mol. The summed E-state index contributed by atoms with van der Waals surface area (Å²) in [5, 5.41) is 1.78. The Morgan fingerprint density at radius 3 is 2.29 bits per heavy atom. The molecule has 144 valence electrons. The molecule has 0 aliphatic carbocycles. The third-order valence-electron chi connectivity index (χ3n) is 4.81. The van der Waals surface area contributed by atoms with Crippen LogP contribution in [0.3, 0.4) is 0 Å². The van der Waals surface area contributed by atoms with Gasteiger partial charge >= 0.3 is 0 Å². The number of rotatable bonds is 3. The summed E-state index contributed by atoms with van der Waals surface area (Å²) < 4.78 is 29.1. The van der Waals surface area contributed by atoms with Crippen molar-refractivity contribution in [3.8, 4) is 0 Å². The largest absolute Gasteiger partial charge is 0.345 e. The lowest BCUT2D eigenvalue weighted by Crippen LogP contribution is -2.46. The van der Waals surface area contributed by atoms with Crippen molar-refractivity contribution in [3.63, 3.8) is 0 Å². The first-order chi connectivity index (χ1) is 13.6. The lowest BCUT2D eigenvalue weighted by Gasteiger charge is -2.34.